The molecule has 1 N–H and O–H groups in total. The quantitative estimate of drug-likeness (QED) is 0.518. The molecule has 0 saturated heterocycles. The number of carbonyl (C=O) groups is 1. The van der Waals surface area contributed by atoms with Gasteiger partial charge in [-0.05, 0) is 42.4 Å². The van der Waals surface area contributed by atoms with Crippen molar-refractivity contribution in [2.24, 2.45) is 0 Å². The molecule has 0 saturated carbocycles. The first-order valence-corrected chi connectivity index (χ1v) is 9.14. The highest BCUT2D eigenvalue weighted by Crippen LogP contribution is 2.29. The maximum absolute atomic E-state index is 12.6. The Morgan fingerprint density at radius 3 is 2.67 bits per heavy atom. The van der Waals surface area contributed by atoms with Gasteiger partial charge in [0.05, 0.1) is 23.3 Å². The molecule has 7 nitrogen and oxygen atoms in total. The molecule has 0 aliphatic carbocycles. The van der Waals surface area contributed by atoms with Crippen LogP contribution in [-0.2, 0) is 4.79 Å². The van der Waals surface area contributed by atoms with Gasteiger partial charge in [0.2, 0.25) is 11.6 Å². The van der Waals surface area contributed by atoms with Crippen molar-refractivity contribution in [3.8, 4) is 17.4 Å². The molecule has 3 rings (SSSR count). The normalized spacial score (nSPS) is 11.8. The molecular weight excluding hydrogens is 366 g/mol. The zero-order chi connectivity index (χ0) is 19.4. The van der Waals surface area contributed by atoms with Gasteiger partial charge in [-0.25, -0.2) is 0 Å². The second-order valence-corrected chi connectivity index (χ2v) is 7.19. The molecule has 140 valence electrons. The number of hydrogen-bond donors (Lipinski definition) is 1. The number of para-hydroxylation sites is 2. The molecule has 0 fully saturated rings. The van der Waals surface area contributed by atoms with Crippen LogP contribution in [0.25, 0.3) is 5.69 Å². The lowest BCUT2D eigenvalue weighted by Gasteiger charge is -2.12. The van der Waals surface area contributed by atoms with Crippen molar-refractivity contribution in [1.29, 1.82) is 0 Å². The highest BCUT2D eigenvalue weighted by Gasteiger charge is 2.27. The summed E-state index contributed by atoms with van der Waals surface area (Å²) in [6.45, 7) is 3.68. The summed E-state index contributed by atoms with van der Waals surface area (Å²) in [5, 5.41) is 18.4. The van der Waals surface area contributed by atoms with Crippen LogP contribution in [0.3, 0.4) is 0 Å². The lowest BCUT2D eigenvalue weighted by molar-refractivity contribution is -0.705. The van der Waals surface area contributed by atoms with E-state index in [4.69, 9.17) is 9.26 Å². The Labute approximate surface area is 160 Å². The van der Waals surface area contributed by atoms with E-state index in [0.717, 1.165) is 17.3 Å². The van der Waals surface area contributed by atoms with Crippen molar-refractivity contribution >= 4 is 23.4 Å². The smallest absolute Gasteiger partial charge is 0.298 e. The van der Waals surface area contributed by atoms with Crippen LogP contribution in [0.2, 0.25) is 0 Å². The van der Waals surface area contributed by atoms with Gasteiger partial charge in [-0.1, -0.05) is 29.8 Å². The SMILES string of the molecule is COc1ccccc1NC(=O)C(C)Sc1c([O-])on[n+]1-c1ccc(C)cc1. The van der Waals surface area contributed by atoms with Crippen molar-refractivity contribution in [2.75, 3.05) is 12.4 Å². The number of rotatable bonds is 6. The third-order valence-electron chi connectivity index (χ3n) is 3.87. The van der Waals surface area contributed by atoms with Crippen LogP contribution in [0.4, 0.5) is 5.69 Å². The molecule has 0 aliphatic heterocycles. The lowest BCUT2D eigenvalue weighted by Crippen LogP contribution is -2.36. The van der Waals surface area contributed by atoms with Crippen LogP contribution < -0.4 is 19.8 Å². The number of amides is 1. The molecule has 1 aromatic heterocycles. The summed E-state index contributed by atoms with van der Waals surface area (Å²) < 4.78 is 11.4. The summed E-state index contributed by atoms with van der Waals surface area (Å²) in [7, 11) is 1.54. The second-order valence-electron chi connectivity index (χ2n) is 5.86. The van der Waals surface area contributed by atoms with Crippen molar-refractivity contribution in [1.82, 2.24) is 5.27 Å². The van der Waals surface area contributed by atoms with E-state index in [-0.39, 0.29) is 10.9 Å². The third kappa shape index (κ3) is 4.22. The van der Waals surface area contributed by atoms with E-state index in [2.05, 4.69) is 10.6 Å². The van der Waals surface area contributed by atoms with Gasteiger partial charge in [-0.15, -0.1) is 0 Å². The predicted molar refractivity (Wildman–Crippen MR) is 99.2 cm³/mol. The number of nitrogens with one attached hydrogen (secondary N) is 1. The molecule has 0 spiro atoms. The van der Waals surface area contributed by atoms with Crippen molar-refractivity contribution in [2.45, 2.75) is 24.1 Å². The number of nitrogens with zero attached hydrogens (tertiary/aromatic N) is 2. The van der Waals surface area contributed by atoms with Crippen LogP contribution in [0.15, 0.2) is 58.1 Å². The van der Waals surface area contributed by atoms with Crippen LogP contribution >= 0.6 is 11.8 Å². The largest absolute Gasteiger partial charge is 0.538 e. The zero-order valence-corrected chi connectivity index (χ0v) is 15.9. The minimum atomic E-state index is -0.586. The van der Waals surface area contributed by atoms with Gasteiger partial charge in [-0.2, -0.15) is 0 Å². The van der Waals surface area contributed by atoms with Gasteiger partial charge in [0.25, 0.3) is 5.03 Å². The Bertz CT molecular complexity index is 940. The maximum Gasteiger partial charge on any atom is 0.298 e. The number of methoxy groups -OCH3 is 1. The summed E-state index contributed by atoms with van der Waals surface area (Å²) in [5.41, 5.74) is 2.34. The molecule has 0 radical (unpaired) electrons. The Balaban J connectivity index is 1.78. The number of thioether (sulfide) groups is 1. The molecule has 1 atom stereocenters. The molecule has 1 amide bonds. The lowest BCUT2D eigenvalue weighted by atomic mass is 10.2. The topological polar surface area (TPSA) is 91.3 Å². The van der Waals surface area contributed by atoms with Crippen LogP contribution in [-0.4, -0.2) is 23.5 Å². The maximum atomic E-state index is 12.6. The number of aryl methyl sites for hydroxylation is 1. The molecule has 3 aromatic rings. The van der Waals surface area contributed by atoms with Gasteiger partial charge in [0, 0.05) is 12.1 Å². The van der Waals surface area contributed by atoms with Gasteiger partial charge < -0.3 is 19.7 Å². The van der Waals surface area contributed by atoms with E-state index in [1.807, 2.05) is 37.3 Å². The molecule has 27 heavy (non-hydrogen) atoms. The Hall–Kier alpha value is -3.00. The van der Waals surface area contributed by atoms with Crippen molar-refractivity contribution in [3.63, 3.8) is 0 Å². The summed E-state index contributed by atoms with van der Waals surface area (Å²) in [6, 6.07) is 14.6. The molecule has 1 unspecified atom stereocenters. The number of carbonyl (C=O) groups excluding carboxylic acids is 1. The number of ether oxygens (including phenoxy) is 1. The van der Waals surface area contributed by atoms with E-state index < -0.39 is 11.2 Å². The monoisotopic (exact) mass is 385 g/mol. The van der Waals surface area contributed by atoms with Crippen LogP contribution in [0.1, 0.15) is 12.5 Å². The van der Waals surface area contributed by atoms with E-state index in [1.54, 1.807) is 25.1 Å². The highest BCUT2D eigenvalue weighted by molar-refractivity contribution is 8.00. The molecule has 0 aliphatic rings. The first-order valence-electron chi connectivity index (χ1n) is 8.26. The molecule has 2 aromatic carbocycles. The fourth-order valence-electron chi connectivity index (χ4n) is 2.39. The van der Waals surface area contributed by atoms with Crippen LogP contribution in [0, 0.1) is 6.92 Å². The highest BCUT2D eigenvalue weighted by atomic mass is 32.2. The molecule has 0 bridgehead atoms. The average Bonchev–Trinajstić information content (AvgIpc) is 3.03. The summed E-state index contributed by atoms with van der Waals surface area (Å²) in [6.07, 6.45) is 0. The summed E-state index contributed by atoms with van der Waals surface area (Å²) in [4.78, 5) is 12.6. The van der Waals surface area contributed by atoms with Gasteiger partial charge in [0.15, 0.2) is 5.95 Å². The second kappa shape index (κ2) is 8.13. The average molecular weight is 385 g/mol. The van der Waals surface area contributed by atoms with Gasteiger partial charge in [0.1, 0.15) is 5.75 Å². The van der Waals surface area contributed by atoms with Gasteiger partial charge >= 0.3 is 0 Å². The third-order valence-corrected chi connectivity index (χ3v) is 5.00. The number of anilines is 1. The van der Waals surface area contributed by atoms with E-state index in [1.165, 1.54) is 11.8 Å². The Kier molecular flexibility index (Phi) is 5.66. The number of aromatic nitrogens is 2. The van der Waals surface area contributed by atoms with Crippen molar-refractivity contribution < 1.29 is 23.8 Å². The zero-order valence-electron chi connectivity index (χ0n) is 15.1. The fourth-order valence-corrected chi connectivity index (χ4v) is 3.27. The standard InChI is InChI=1S/C19H19N3O4S/c1-12-8-10-14(11-9-12)22-18(19(24)26-21-22)27-13(2)17(23)20-15-6-4-5-7-16(15)25-3/h4-11,13H,1-3H3,(H-,20,21,23,24). The van der Waals surface area contributed by atoms with E-state index in [0.29, 0.717) is 17.1 Å². The van der Waals surface area contributed by atoms with E-state index >= 15 is 0 Å². The Morgan fingerprint density at radius 2 is 1.96 bits per heavy atom. The van der Waals surface area contributed by atoms with Crippen molar-refractivity contribution in [3.05, 3.63) is 54.1 Å². The first-order chi connectivity index (χ1) is 13.0. The number of hydrogen-bond acceptors (Lipinski definition) is 6. The molecule has 8 heteroatoms. The minimum Gasteiger partial charge on any atom is -0.538 e. The predicted octanol–water partition coefficient (Wildman–Crippen LogP) is 2.46. The molecule has 1 heterocycles. The van der Waals surface area contributed by atoms with Gasteiger partial charge in [-0.3, -0.25) is 4.79 Å². The Morgan fingerprint density at radius 1 is 1.26 bits per heavy atom. The fraction of sp³-hybridized carbons (Fsp3) is 0.211. The number of benzene rings is 2. The molecular formula is C19H19N3O4S. The first kappa shape index (κ1) is 18.8. The summed E-state index contributed by atoms with van der Waals surface area (Å²) >= 11 is 1.08. The van der Waals surface area contributed by atoms with Crippen LogP contribution in [0.5, 0.6) is 11.7 Å². The summed E-state index contributed by atoms with van der Waals surface area (Å²) in [5.74, 6) is -0.287. The van der Waals surface area contributed by atoms with E-state index in [9.17, 15) is 9.90 Å². The minimum absolute atomic E-state index is 0.238.